The van der Waals surface area contributed by atoms with E-state index in [4.69, 9.17) is 4.74 Å². The Morgan fingerprint density at radius 1 is 0.969 bits per heavy atom. The molecule has 4 aromatic rings. The van der Waals surface area contributed by atoms with Crippen molar-refractivity contribution in [1.82, 2.24) is 4.57 Å². The molecule has 1 heterocycles. The highest BCUT2D eigenvalue weighted by atomic mass is 16.5. The average Bonchev–Trinajstić information content (AvgIpc) is 2.81. The summed E-state index contributed by atoms with van der Waals surface area (Å²) in [5.41, 5.74) is 2.12. The van der Waals surface area contributed by atoms with E-state index in [2.05, 4.69) is 5.32 Å². The number of benzene rings is 3. The largest absolute Gasteiger partial charge is 0.495 e. The van der Waals surface area contributed by atoms with Crippen LogP contribution in [0.4, 0.5) is 5.69 Å². The summed E-state index contributed by atoms with van der Waals surface area (Å²) in [7, 11) is 1.53. The number of fused-ring (bicyclic) bond motifs is 1. The van der Waals surface area contributed by atoms with Gasteiger partial charge in [-0.1, -0.05) is 54.1 Å². The molecule has 4 rings (SSSR count). The number of hydrogen-bond donors (Lipinski definition) is 1. The molecule has 3 aromatic carbocycles. The third-order valence-electron chi connectivity index (χ3n) is 5.21. The SMILES string of the molecule is COc1ccccc1NC(=O)Cn1cc(C(=O)c2ccccc2)c(=O)c2cc(C)ccc21. The van der Waals surface area contributed by atoms with E-state index in [0.29, 0.717) is 27.9 Å². The van der Waals surface area contributed by atoms with Crippen LogP contribution in [0.25, 0.3) is 10.9 Å². The summed E-state index contributed by atoms with van der Waals surface area (Å²) >= 11 is 0. The molecular weight excluding hydrogens is 404 g/mol. The van der Waals surface area contributed by atoms with E-state index in [1.807, 2.05) is 19.1 Å². The van der Waals surface area contributed by atoms with Gasteiger partial charge in [-0.05, 0) is 31.2 Å². The summed E-state index contributed by atoms with van der Waals surface area (Å²) in [5, 5.41) is 3.23. The number of nitrogens with one attached hydrogen (secondary N) is 1. The number of carbonyl (C=O) groups is 2. The number of rotatable bonds is 6. The number of anilines is 1. The van der Waals surface area contributed by atoms with Gasteiger partial charge in [-0.25, -0.2) is 0 Å². The van der Waals surface area contributed by atoms with Crippen LogP contribution in [0.15, 0.2) is 83.8 Å². The summed E-state index contributed by atoms with van der Waals surface area (Å²) in [4.78, 5) is 39.1. The van der Waals surface area contributed by atoms with E-state index < -0.39 is 0 Å². The summed E-state index contributed by atoms with van der Waals surface area (Å²) in [6, 6.07) is 21.2. The Balaban J connectivity index is 1.76. The number of carbonyl (C=O) groups excluding carboxylic acids is 2. The maximum absolute atomic E-state index is 13.2. The smallest absolute Gasteiger partial charge is 0.244 e. The summed E-state index contributed by atoms with van der Waals surface area (Å²) in [6.45, 7) is 1.80. The average molecular weight is 426 g/mol. The normalized spacial score (nSPS) is 10.7. The first-order valence-electron chi connectivity index (χ1n) is 10.1. The minimum absolute atomic E-state index is 0.0272. The van der Waals surface area contributed by atoms with Crippen LogP contribution in [-0.2, 0) is 11.3 Å². The molecule has 6 nitrogen and oxygen atoms in total. The van der Waals surface area contributed by atoms with Crippen molar-refractivity contribution >= 4 is 28.3 Å². The summed E-state index contributed by atoms with van der Waals surface area (Å²) in [5.74, 6) is -0.141. The number of aromatic nitrogens is 1. The van der Waals surface area contributed by atoms with Gasteiger partial charge >= 0.3 is 0 Å². The van der Waals surface area contributed by atoms with Crippen LogP contribution in [0.2, 0.25) is 0 Å². The molecule has 0 aliphatic heterocycles. The summed E-state index contributed by atoms with van der Waals surface area (Å²) < 4.78 is 6.92. The van der Waals surface area contributed by atoms with Gasteiger partial charge in [0, 0.05) is 17.1 Å². The quantitative estimate of drug-likeness (QED) is 0.469. The van der Waals surface area contributed by atoms with Gasteiger partial charge in [0.25, 0.3) is 0 Å². The zero-order chi connectivity index (χ0) is 22.7. The highest BCUT2D eigenvalue weighted by Gasteiger charge is 2.18. The van der Waals surface area contributed by atoms with Crippen molar-refractivity contribution in [3.05, 3.63) is 106 Å². The van der Waals surface area contributed by atoms with Gasteiger partial charge in [0.05, 0.1) is 23.9 Å². The van der Waals surface area contributed by atoms with Crippen molar-refractivity contribution in [3.8, 4) is 5.75 Å². The molecule has 1 aromatic heterocycles. The number of para-hydroxylation sites is 2. The molecule has 160 valence electrons. The molecule has 0 radical (unpaired) electrons. The molecule has 0 saturated heterocycles. The second-order valence-corrected chi connectivity index (χ2v) is 7.46. The summed E-state index contributed by atoms with van der Waals surface area (Å²) in [6.07, 6.45) is 1.47. The van der Waals surface area contributed by atoms with E-state index in [-0.39, 0.29) is 29.2 Å². The van der Waals surface area contributed by atoms with Crippen molar-refractivity contribution in [2.75, 3.05) is 12.4 Å². The lowest BCUT2D eigenvalue weighted by Gasteiger charge is -2.15. The minimum atomic E-state index is -0.377. The van der Waals surface area contributed by atoms with Gasteiger partial charge in [-0.3, -0.25) is 14.4 Å². The van der Waals surface area contributed by atoms with Crippen molar-refractivity contribution in [2.24, 2.45) is 0 Å². The third kappa shape index (κ3) is 4.16. The van der Waals surface area contributed by atoms with Crippen molar-refractivity contribution < 1.29 is 14.3 Å². The van der Waals surface area contributed by atoms with Crippen LogP contribution in [0.5, 0.6) is 5.75 Å². The minimum Gasteiger partial charge on any atom is -0.495 e. The predicted octanol–water partition coefficient (Wildman–Crippen LogP) is 4.19. The first-order chi connectivity index (χ1) is 15.5. The van der Waals surface area contributed by atoms with E-state index in [0.717, 1.165) is 5.56 Å². The molecule has 0 aliphatic carbocycles. The Kier molecular flexibility index (Phi) is 5.85. The molecule has 0 unspecified atom stereocenters. The Labute approximate surface area is 185 Å². The Morgan fingerprint density at radius 2 is 1.69 bits per heavy atom. The molecular formula is C26H22N2O4. The van der Waals surface area contributed by atoms with Gasteiger partial charge in [-0.15, -0.1) is 0 Å². The fourth-order valence-electron chi connectivity index (χ4n) is 3.64. The van der Waals surface area contributed by atoms with E-state index in [1.165, 1.54) is 13.3 Å². The number of methoxy groups -OCH3 is 1. The number of aryl methyl sites for hydroxylation is 1. The number of hydrogen-bond acceptors (Lipinski definition) is 4. The van der Waals surface area contributed by atoms with Crippen molar-refractivity contribution in [1.29, 1.82) is 0 Å². The van der Waals surface area contributed by atoms with E-state index in [1.54, 1.807) is 65.2 Å². The van der Waals surface area contributed by atoms with Crippen LogP contribution in [0, 0.1) is 6.92 Å². The molecule has 6 heteroatoms. The molecule has 0 fully saturated rings. The maximum atomic E-state index is 13.2. The number of ketones is 1. The Morgan fingerprint density at radius 3 is 2.44 bits per heavy atom. The van der Waals surface area contributed by atoms with Gasteiger partial charge in [0.2, 0.25) is 11.3 Å². The molecule has 32 heavy (non-hydrogen) atoms. The third-order valence-corrected chi connectivity index (χ3v) is 5.21. The Bertz CT molecular complexity index is 1370. The molecule has 1 N–H and O–H groups in total. The second-order valence-electron chi connectivity index (χ2n) is 7.46. The predicted molar refractivity (Wildman–Crippen MR) is 124 cm³/mol. The van der Waals surface area contributed by atoms with Gasteiger partial charge in [-0.2, -0.15) is 0 Å². The van der Waals surface area contributed by atoms with Crippen molar-refractivity contribution in [3.63, 3.8) is 0 Å². The van der Waals surface area contributed by atoms with Gasteiger partial charge in [0.15, 0.2) is 5.78 Å². The van der Waals surface area contributed by atoms with Crippen LogP contribution in [0.1, 0.15) is 21.5 Å². The standard InChI is InChI=1S/C26H22N2O4/c1-17-12-13-22-19(14-17)26(31)20(25(30)18-8-4-3-5-9-18)15-28(22)16-24(29)27-21-10-6-7-11-23(21)32-2/h3-15H,16H2,1-2H3,(H,27,29). The monoisotopic (exact) mass is 426 g/mol. The topological polar surface area (TPSA) is 77.4 Å². The van der Waals surface area contributed by atoms with Gasteiger partial charge in [0.1, 0.15) is 12.3 Å². The number of nitrogens with zero attached hydrogens (tertiary/aromatic N) is 1. The first kappa shape index (κ1) is 21.1. The highest BCUT2D eigenvalue weighted by molar-refractivity contribution is 6.10. The molecule has 0 saturated carbocycles. The molecule has 0 aliphatic rings. The van der Waals surface area contributed by atoms with Crippen LogP contribution < -0.4 is 15.5 Å². The van der Waals surface area contributed by atoms with E-state index >= 15 is 0 Å². The number of pyridine rings is 1. The molecule has 1 amide bonds. The van der Waals surface area contributed by atoms with Crippen molar-refractivity contribution in [2.45, 2.75) is 13.5 Å². The van der Waals surface area contributed by atoms with E-state index in [9.17, 15) is 14.4 Å². The highest BCUT2D eigenvalue weighted by Crippen LogP contribution is 2.23. The number of ether oxygens (including phenoxy) is 1. The second kappa shape index (κ2) is 8.89. The van der Waals surface area contributed by atoms with Crippen LogP contribution >= 0.6 is 0 Å². The lowest BCUT2D eigenvalue weighted by atomic mass is 10.0. The van der Waals surface area contributed by atoms with Gasteiger partial charge < -0.3 is 14.6 Å². The maximum Gasteiger partial charge on any atom is 0.244 e. The molecule has 0 bridgehead atoms. The fourth-order valence-corrected chi connectivity index (χ4v) is 3.64. The lowest BCUT2D eigenvalue weighted by Crippen LogP contribution is -2.24. The Hall–Kier alpha value is -4.19. The number of amides is 1. The molecule has 0 atom stereocenters. The zero-order valence-electron chi connectivity index (χ0n) is 17.8. The fraction of sp³-hybridized carbons (Fsp3) is 0.115. The first-order valence-corrected chi connectivity index (χ1v) is 10.1. The van der Waals surface area contributed by atoms with Crippen LogP contribution in [0.3, 0.4) is 0 Å². The van der Waals surface area contributed by atoms with Crippen LogP contribution in [-0.4, -0.2) is 23.4 Å². The zero-order valence-corrected chi connectivity index (χ0v) is 17.8. The lowest BCUT2D eigenvalue weighted by molar-refractivity contribution is -0.116. The molecule has 0 spiro atoms.